The molecule has 1 aromatic heterocycles. The molecule has 0 aliphatic rings. The van der Waals surface area contributed by atoms with Crippen LogP contribution in [0.15, 0.2) is 48.5 Å². The molecule has 3 aromatic rings. The van der Waals surface area contributed by atoms with Crippen molar-refractivity contribution < 1.29 is 14.3 Å². The van der Waals surface area contributed by atoms with Crippen LogP contribution in [0.1, 0.15) is 34.1 Å². The second-order valence-electron chi connectivity index (χ2n) is 6.95. The van der Waals surface area contributed by atoms with Crippen molar-refractivity contribution in [3.63, 3.8) is 0 Å². The van der Waals surface area contributed by atoms with Crippen molar-refractivity contribution in [1.82, 2.24) is 9.88 Å². The number of esters is 1. The van der Waals surface area contributed by atoms with Crippen molar-refractivity contribution in [2.75, 3.05) is 7.05 Å². The van der Waals surface area contributed by atoms with Gasteiger partial charge in [-0.3, -0.25) is 4.79 Å². The molecule has 1 unspecified atom stereocenters. The number of aryl methyl sites for hydroxylation is 2. The first-order valence-corrected chi connectivity index (χ1v) is 8.95. The quantitative estimate of drug-likeness (QED) is 0.696. The fraction of sp³-hybridized carbons (Fsp3) is 0.273. The highest BCUT2D eigenvalue weighted by molar-refractivity contribution is 5.97. The molecule has 0 bridgehead atoms. The Bertz CT molecular complexity index is 976. The molecule has 1 atom stereocenters. The molecule has 0 saturated heterocycles. The van der Waals surface area contributed by atoms with Gasteiger partial charge in [-0.2, -0.15) is 0 Å². The van der Waals surface area contributed by atoms with Crippen LogP contribution in [-0.2, 0) is 16.1 Å². The molecule has 0 saturated carbocycles. The van der Waals surface area contributed by atoms with Crippen molar-refractivity contribution in [3.05, 3.63) is 70.9 Å². The Kier molecular flexibility index (Phi) is 5.31. The fourth-order valence-electron chi connectivity index (χ4n) is 3.23. The average molecular weight is 364 g/mol. The zero-order valence-electron chi connectivity index (χ0n) is 16.1. The van der Waals surface area contributed by atoms with Gasteiger partial charge in [-0.15, -0.1) is 0 Å². The molecule has 1 N–H and O–H groups in total. The lowest BCUT2D eigenvalue weighted by Gasteiger charge is -2.21. The zero-order valence-corrected chi connectivity index (χ0v) is 16.1. The van der Waals surface area contributed by atoms with Crippen LogP contribution >= 0.6 is 0 Å². The molecule has 1 heterocycles. The number of nitrogens with one attached hydrogen (secondary N) is 1. The number of carbonyl (C=O) groups excluding carboxylic acids is 2. The predicted molar refractivity (Wildman–Crippen MR) is 106 cm³/mol. The maximum absolute atomic E-state index is 12.5. The van der Waals surface area contributed by atoms with E-state index in [1.807, 2.05) is 50.2 Å². The highest BCUT2D eigenvalue weighted by Gasteiger charge is 2.23. The van der Waals surface area contributed by atoms with E-state index in [2.05, 4.69) is 11.1 Å². The van der Waals surface area contributed by atoms with Gasteiger partial charge >= 0.3 is 5.97 Å². The van der Waals surface area contributed by atoms with Crippen LogP contribution in [0.25, 0.3) is 10.9 Å². The molecular weight excluding hydrogens is 340 g/mol. The van der Waals surface area contributed by atoms with Gasteiger partial charge in [0.25, 0.3) is 5.91 Å². The van der Waals surface area contributed by atoms with Crippen LogP contribution in [-0.4, -0.2) is 34.9 Å². The number of ether oxygens (including phenoxy) is 1. The Morgan fingerprint density at radius 1 is 1.11 bits per heavy atom. The van der Waals surface area contributed by atoms with Crippen LogP contribution in [0, 0.1) is 13.8 Å². The van der Waals surface area contributed by atoms with Gasteiger partial charge in [0, 0.05) is 24.5 Å². The van der Waals surface area contributed by atoms with Gasteiger partial charge in [-0.1, -0.05) is 36.4 Å². The summed E-state index contributed by atoms with van der Waals surface area (Å²) in [7, 11) is 1.70. The first-order valence-electron chi connectivity index (χ1n) is 8.95. The minimum atomic E-state index is -0.861. The largest absolute Gasteiger partial charge is 0.448 e. The van der Waals surface area contributed by atoms with Crippen LogP contribution in [0.5, 0.6) is 0 Å². The number of rotatable bonds is 5. The van der Waals surface area contributed by atoms with Crippen molar-refractivity contribution in [2.24, 2.45) is 0 Å². The lowest BCUT2D eigenvalue weighted by molar-refractivity contribution is -0.139. The molecule has 0 fully saturated rings. The van der Waals surface area contributed by atoms with E-state index in [9.17, 15) is 9.59 Å². The zero-order chi connectivity index (χ0) is 19.6. The van der Waals surface area contributed by atoms with Gasteiger partial charge in [0.2, 0.25) is 0 Å². The number of hydrogen-bond acceptors (Lipinski definition) is 3. The third-order valence-corrected chi connectivity index (χ3v) is 4.58. The number of likely N-dealkylation sites (N-methyl/N-ethyl adjacent to an activating group) is 1. The summed E-state index contributed by atoms with van der Waals surface area (Å²) in [6.07, 6.45) is -0.861. The molecule has 0 spiro atoms. The smallest absolute Gasteiger partial charge is 0.355 e. The summed E-state index contributed by atoms with van der Waals surface area (Å²) in [6.45, 7) is 6.07. The summed E-state index contributed by atoms with van der Waals surface area (Å²) >= 11 is 0. The normalized spacial score (nSPS) is 12.0. The number of aromatic amines is 1. The highest BCUT2D eigenvalue weighted by atomic mass is 16.5. The average Bonchev–Trinajstić information content (AvgIpc) is 3.06. The van der Waals surface area contributed by atoms with Crippen molar-refractivity contribution in [2.45, 2.75) is 33.4 Å². The van der Waals surface area contributed by atoms with E-state index in [4.69, 9.17) is 4.74 Å². The number of benzene rings is 2. The summed E-state index contributed by atoms with van der Waals surface area (Å²) in [5, 5.41) is 0.979. The Labute approximate surface area is 158 Å². The molecule has 5 nitrogen and oxygen atoms in total. The van der Waals surface area contributed by atoms with E-state index in [1.165, 1.54) is 0 Å². The number of aromatic nitrogens is 1. The van der Waals surface area contributed by atoms with E-state index < -0.39 is 12.1 Å². The van der Waals surface area contributed by atoms with Gasteiger partial charge in [0.15, 0.2) is 6.10 Å². The molecule has 27 heavy (non-hydrogen) atoms. The maximum Gasteiger partial charge on any atom is 0.355 e. The third kappa shape index (κ3) is 4.19. The number of carbonyl (C=O) groups is 2. The minimum absolute atomic E-state index is 0.240. The predicted octanol–water partition coefficient (Wildman–Crippen LogP) is 3.99. The third-order valence-electron chi connectivity index (χ3n) is 4.58. The molecule has 0 radical (unpaired) electrons. The second kappa shape index (κ2) is 7.66. The van der Waals surface area contributed by atoms with Gasteiger partial charge in [0.1, 0.15) is 5.69 Å². The Hall–Kier alpha value is -3.08. The first-order chi connectivity index (χ1) is 12.8. The highest BCUT2D eigenvalue weighted by Crippen LogP contribution is 2.22. The Morgan fingerprint density at radius 3 is 2.52 bits per heavy atom. The van der Waals surface area contributed by atoms with Crippen molar-refractivity contribution in [3.8, 4) is 0 Å². The summed E-state index contributed by atoms with van der Waals surface area (Å²) < 4.78 is 5.40. The Morgan fingerprint density at radius 2 is 1.81 bits per heavy atom. The second-order valence-corrected chi connectivity index (χ2v) is 6.95. The number of fused-ring (bicyclic) bond motifs is 1. The molecule has 3 rings (SSSR count). The van der Waals surface area contributed by atoms with Crippen molar-refractivity contribution in [1.29, 1.82) is 0 Å². The van der Waals surface area contributed by atoms with E-state index in [0.717, 1.165) is 27.6 Å². The molecular formula is C22H24N2O3. The summed E-state index contributed by atoms with van der Waals surface area (Å²) in [4.78, 5) is 29.7. The monoisotopic (exact) mass is 364 g/mol. The lowest BCUT2D eigenvalue weighted by Crippen LogP contribution is -2.37. The van der Waals surface area contributed by atoms with Gasteiger partial charge in [0.05, 0.1) is 0 Å². The van der Waals surface area contributed by atoms with E-state index in [-0.39, 0.29) is 5.91 Å². The molecule has 0 aliphatic carbocycles. The standard InChI is InChI=1S/C22H24N2O3/c1-14-10-15(2)18-12-20(23-19(18)11-14)22(26)27-16(3)21(25)24(4)13-17-8-6-5-7-9-17/h5-12,16,23H,13H2,1-4H3. The summed E-state index contributed by atoms with van der Waals surface area (Å²) in [6, 6.07) is 15.5. The number of H-pyrrole nitrogens is 1. The van der Waals surface area contributed by atoms with E-state index in [1.54, 1.807) is 24.9 Å². The number of amides is 1. The van der Waals surface area contributed by atoms with Gasteiger partial charge in [-0.25, -0.2) is 4.79 Å². The summed E-state index contributed by atoms with van der Waals surface area (Å²) in [5.74, 6) is -0.771. The number of nitrogens with zero attached hydrogens (tertiary/aromatic N) is 1. The minimum Gasteiger partial charge on any atom is -0.448 e. The maximum atomic E-state index is 12.5. The molecule has 1 amide bonds. The first kappa shape index (κ1) is 18.7. The van der Waals surface area contributed by atoms with Crippen LogP contribution in [0.2, 0.25) is 0 Å². The lowest BCUT2D eigenvalue weighted by atomic mass is 10.1. The SMILES string of the molecule is Cc1cc(C)c2cc(C(=O)OC(C)C(=O)N(C)Cc3ccccc3)[nH]c2c1. The molecule has 2 aromatic carbocycles. The van der Waals surface area contributed by atoms with Crippen molar-refractivity contribution >= 4 is 22.8 Å². The topological polar surface area (TPSA) is 62.4 Å². The Balaban J connectivity index is 1.68. The van der Waals surface area contributed by atoms with Crippen LogP contribution < -0.4 is 0 Å². The number of hydrogen-bond donors (Lipinski definition) is 1. The van der Waals surface area contributed by atoms with Gasteiger partial charge < -0.3 is 14.6 Å². The molecule has 140 valence electrons. The van der Waals surface area contributed by atoms with E-state index in [0.29, 0.717) is 12.2 Å². The van der Waals surface area contributed by atoms with E-state index >= 15 is 0 Å². The van der Waals surface area contributed by atoms with Crippen LogP contribution in [0.3, 0.4) is 0 Å². The molecule has 0 aliphatic heterocycles. The van der Waals surface area contributed by atoms with Crippen LogP contribution in [0.4, 0.5) is 0 Å². The summed E-state index contributed by atoms with van der Waals surface area (Å²) in [5.41, 5.74) is 4.47. The van der Waals surface area contributed by atoms with Gasteiger partial charge in [-0.05, 0) is 49.6 Å². The molecule has 5 heteroatoms. The fourth-order valence-corrected chi connectivity index (χ4v) is 3.23.